The highest BCUT2D eigenvalue weighted by atomic mass is 32.1. The molecule has 10 nitrogen and oxygen atoms in total. The Morgan fingerprint density at radius 3 is 2.68 bits per heavy atom. The number of ether oxygens (including phenoxy) is 2. The number of thiazole rings is 1. The first-order valence-corrected chi connectivity index (χ1v) is 16.5. The first-order chi connectivity index (χ1) is 22.5. The van der Waals surface area contributed by atoms with Gasteiger partial charge in [-0.25, -0.2) is 29.1 Å². The van der Waals surface area contributed by atoms with Crippen molar-refractivity contribution in [3.8, 4) is 22.9 Å². The smallest absolute Gasteiger partial charge is 0.410 e. The van der Waals surface area contributed by atoms with E-state index in [9.17, 15) is 4.79 Å². The van der Waals surface area contributed by atoms with Crippen LogP contribution < -0.4 is 15.4 Å². The number of likely N-dealkylation sites (tertiary alicyclic amines) is 1. The van der Waals surface area contributed by atoms with Crippen molar-refractivity contribution in [3.05, 3.63) is 82.3 Å². The van der Waals surface area contributed by atoms with Gasteiger partial charge in [0.2, 0.25) is 11.8 Å². The fourth-order valence-electron chi connectivity index (χ4n) is 5.56. The van der Waals surface area contributed by atoms with Crippen molar-refractivity contribution in [1.82, 2.24) is 24.8 Å². The number of aromatic nitrogens is 4. The van der Waals surface area contributed by atoms with E-state index >= 15 is 4.39 Å². The lowest BCUT2D eigenvalue weighted by Crippen LogP contribution is -2.47. The molecule has 0 spiro atoms. The molecule has 0 bridgehead atoms. The highest BCUT2D eigenvalue weighted by Crippen LogP contribution is 2.39. The molecule has 0 radical (unpaired) electrons. The van der Waals surface area contributed by atoms with Gasteiger partial charge in [-0.2, -0.15) is 0 Å². The van der Waals surface area contributed by atoms with Crippen molar-refractivity contribution in [2.75, 3.05) is 23.7 Å². The van der Waals surface area contributed by atoms with Gasteiger partial charge in [-0.3, -0.25) is 0 Å². The van der Waals surface area contributed by atoms with Gasteiger partial charge < -0.3 is 25.0 Å². The van der Waals surface area contributed by atoms with Gasteiger partial charge >= 0.3 is 6.09 Å². The topological polar surface area (TPSA) is 114 Å². The summed E-state index contributed by atoms with van der Waals surface area (Å²) in [4.78, 5) is 32.7. The quantitative estimate of drug-likeness (QED) is 0.171. The van der Waals surface area contributed by atoms with E-state index in [-0.39, 0.29) is 18.0 Å². The molecule has 1 amide bonds. The molecule has 2 N–H and O–H groups in total. The zero-order chi connectivity index (χ0) is 33.1. The Labute approximate surface area is 277 Å². The standard InChI is InChI=1S/C35H38FN7O3S/c1-21-10-11-25-26(12-13-28(36)30(25)39-18-24-20-47-22(2)40-24)31(21)45-32-27(9-6-15-37-32)29-14-16-38-33(42-29)41-23-8-7-17-43(19-23)34(44)46-35(3,4)5/h6,9-16,20,23,39H,7-8,17-19H2,1-5H3,(H,38,41,42). The van der Waals surface area contributed by atoms with Gasteiger partial charge in [0.05, 0.1) is 34.2 Å². The highest BCUT2D eigenvalue weighted by molar-refractivity contribution is 7.09. The fraction of sp³-hybridized carbons (Fsp3) is 0.343. The summed E-state index contributed by atoms with van der Waals surface area (Å²) in [7, 11) is 0. The first-order valence-electron chi connectivity index (χ1n) is 15.6. The van der Waals surface area contributed by atoms with Gasteiger partial charge in [0.1, 0.15) is 17.2 Å². The third-order valence-corrected chi connectivity index (χ3v) is 8.54. The molecule has 2 aromatic carbocycles. The number of anilines is 2. The van der Waals surface area contributed by atoms with Crippen LogP contribution in [-0.4, -0.2) is 55.7 Å². The SMILES string of the molecule is Cc1nc(CNc2c(F)ccc3c(Oc4ncccc4-c4ccnc(NC5CCCN(C(=O)OC(C)(C)C)C5)n4)c(C)ccc23)cs1. The van der Waals surface area contributed by atoms with Crippen LogP contribution in [-0.2, 0) is 11.3 Å². The second-order valence-electron chi connectivity index (χ2n) is 12.6. The number of carbonyl (C=O) groups excluding carboxylic acids is 1. The molecular weight excluding hydrogens is 617 g/mol. The summed E-state index contributed by atoms with van der Waals surface area (Å²) in [6, 6.07) is 12.5. The van der Waals surface area contributed by atoms with Crippen molar-refractivity contribution in [2.45, 2.75) is 65.6 Å². The molecule has 1 saturated heterocycles. The van der Waals surface area contributed by atoms with E-state index in [0.29, 0.717) is 59.5 Å². The number of amides is 1. The number of halogens is 1. The fourth-order valence-corrected chi connectivity index (χ4v) is 6.17. The maximum Gasteiger partial charge on any atom is 0.410 e. The second kappa shape index (κ2) is 13.5. The number of fused-ring (bicyclic) bond motifs is 1. The molecule has 0 aliphatic carbocycles. The van der Waals surface area contributed by atoms with Crippen LogP contribution in [0.3, 0.4) is 0 Å². The van der Waals surface area contributed by atoms with Gasteiger partial charge in [0.25, 0.3) is 0 Å². The highest BCUT2D eigenvalue weighted by Gasteiger charge is 2.28. The number of hydrogen-bond donors (Lipinski definition) is 2. The van der Waals surface area contributed by atoms with Crippen LogP contribution in [0.4, 0.5) is 20.8 Å². The molecule has 5 aromatic rings. The van der Waals surface area contributed by atoms with E-state index in [1.54, 1.807) is 40.8 Å². The predicted octanol–water partition coefficient (Wildman–Crippen LogP) is 8.12. The van der Waals surface area contributed by atoms with Crippen LogP contribution in [0.2, 0.25) is 0 Å². The summed E-state index contributed by atoms with van der Waals surface area (Å²) in [6.45, 7) is 11.0. The van der Waals surface area contributed by atoms with Crippen molar-refractivity contribution in [3.63, 3.8) is 0 Å². The number of nitrogens with zero attached hydrogens (tertiary/aromatic N) is 5. The molecule has 244 valence electrons. The number of hydrogen-bond acceptors (Lipinski definition) is 10. The van der Waals surface area contributed by atoms with E-state index in [4.69, 9.17) is 14.5 Å². The Morgan fingerprint density at radius 1 is 1.06 bits per heavy atom. The predicted molar refractivity (Wildman–Crippen MR) is 183 cm³/mol. The van der Waals surface area contributed by atoms with E-state index in [1.165, 1.54) is 6.07 Å². The number of pyridine rings is 1. The number of piperidine rings is 1. The van der Waals surface area contributed by atoms with Crippen LogP contribution in [0, 0.1) is 19.7 Å². The Morgan fingerprint density at radius 2 is 1.89 bits per heavy atom. The van der Waals surface area contributed by atoms with Crippen molar-refractivity contribution < 1.29 is 18.7 Å². The lowest BCUT2D eigenvalue weighted by Gasteiger charge is -2.34. The molecule has 1 unspecified atom stereocenters. The lowest BCUT2D eigenvalue weighted by molar-refractivity contribution is 0.0206. The van der Waals surface area contributed by atoms with E-state index < -0.39 is 5.60 Å². The molecule has 1 aliphatic heterocycles. The molecule has 12 heteroatoms. The average molecular weight is 656 g/mol. The molecular formula is C35H38FN7O3S. The molecule has 3 aromatic heterocycles. The summed E-state index contributed by atoms with van der Waals surface area (Å²) < 4.78 is 27.2. The zero-order valence-corrected chi connectivity index (χ0v) is 27.9. The third kappa shape index (κ3) is 7.60. The Hall–Kier alpha value is -4.84. The normalized spacial score (nSPS) is 15.0. The number of rotatable bonds is 8. The van der Waals surface area contributed by atoms with Gasteiger partial charge in [-0.1, -0.05) is 12.1 Å². The van der Waals surface area contributed by atoms with Gasteiger partial charge in [0.15, 0.2) is 0 Å². The molecule has 1 fully saturated rings. The Bertz CT molecular complexity index is 1910. The van der Waals surface area contributed by atoms with Crippen LogP contribution in [0.5, 0.6) is 11.6 Å². The van der Waals surface area contributed by atoms with Crippen molar-refractivity contribution >= 4 is 39.8 Å². The number of benzene rings is 2. The van der Waals surface area contributed by atoms with Crippen molar-refractivity contribution in [1.29, 1.82) is 0 Å². The maximum atomic E-state index is 15.1. The van der Waals surface area contributed by atoms with E-state index in [2.05, 4.69) is 25.6 Å². The number of carbonyl (C=O) groups is 1. The minimum atomic E-state index is -0.556. The minimum Gasteiger partial charge on any atom is -0.444 e. The van der Waals surface area contributed by atoms with Gasteiger partial charge in [-0.15, -0.1) is 11.3 Å². The Kier molecular flexibility index (Phi) is 9.21. The molecule has 0 saturated carbocycles. The summed E-state index contributed by atoms with van der Waals surface area (Å²) in [5.74, 6) is 1.02. The van der Waals surface area contributed by atoms with Crippen LogP contribution in [0.15, 0.2) is 60.2 Å². The molecule has 47 heavy (non-hydrogen) atoms. The van der Waals surface area contributed by atoms with Gasteiger partial charge in [-0.05, 0) is 83.4 Å². The zero-order valence-electron chi connectivity index (χ0n) is 27.1. The van der Waals surface area contributed by atoms with Gasteiger partial charge in [0, 0.05) is 47.7 Å². The van der Waals surface area contributed by atoms with Crippen LogP contribution in [0.25, 0.3) is 22.0 Å². The lowest BCUT2D eigenvalue weighted by atomic mass is 10.0. The number of nitrogens with one attached hydrogen (secondary N) is 2. The van der Waals surface area contributed by atoms with Crippen LogP contribution in [0.1, 0.15) is 49.9 Å². The first kappa shape index (κ1) is 32.1. The minimum absolute atomic E-state index is 0.0304. The van der Waals surface area contributed by atoms with E-state index in [0.717, 1.165) is 34.5 Å². The summed E-state index contributed by atoms with van der Waals surface area (Å²) in [6.07, 6.45) is 4.74. The monoisotopic (exact) mass is 655 g/mol. The Balaban J connectivity index is 1.24. The average Bonchev–Trinajstić information content (AvgIpc) is 3.46. The maximum absolute atomic E-state index is 15.1. The van der Waals surface area contributed by atoms with E-state index in [1.807, 2.05) is 64.3 Å². The summed E-state index contributed by atoms with van der Waals surface area (Å²) in [5, 5.41) is 11.0. The molecule has 1 atom stereocenters. The summed E-state index contributed by atoms with van der Waals surface area (Å²) >= 11 is 1.56. The molecule has 4 heterocycles. The van der Waals surface area contributed by atoms with Crippen LogP contribution >= 0.6 is 11.3 Å². The molecule has 1 aliphatic rings. The largest absolute Gasteiger partial charge is 0.444 e. The second-order valence-corrected chi connectivity index (χ2v) is 13.6. The molecule has 6 rings (SSSR count). The summed E-state index contributed by atoms with van der Waals surface area (Å²) in [5.41, 5.74) is 2.85. The third-order valence-electron chi connectivity index (χ3n) is 7.72. The number of aryl methyl sites for hydroxylation is 2. The van der Waals surface area contributed by atoms with Crippen molar-refractivity contribution in [2.24, 2.45) is 0 Å².